The zero-order chi connectivity index (χ0) is 21.1. The molecule has 152 valence electrons. The van der Waals surface area contributed by atoms with Crippen molar-refractivity contribution in [2.24, 2.45) is 0 Å². The van der Waals surface area contributed by atoms with Crippen molar-refractivity contribution in [2.45, 2.75) is 13.5 Å². The summed E-state index contributed by atoms with van der Waals surface area (Å²) in [4.78, 5) is 25.4. The number of hydrogen-bond donors (Lipinski definition) is 1. The number of fused-ring (bicyclic) bond motifs is 1. The molecule has 2 heterocycles. The van der Waals surface area contributed by atoms with E-state index in [-0.39, 0.29) is 18.3 Å². The van der Waals surface area contributed by atoms with Gasteiger partial charge in [-0.25, -0.2) is 9.18 Å². The highest BCUT2D eigenvalue weighted by molar-refractivity contribution is 7.17. The molecule has 5 nitrogen and oxygen atoms in total. The van der Waals surface area contributed by atoms with Crippen LogP contribution in [0.2, 0.25) is 0 Å². The Kier molecular flexibility index (Phi) is 5.63. The topological polar surface area (TPSA) is 60.3 Å². The molecule has 0 aliphatic carbocycles. The molecule has 0 radical (unpaired) electrons. The van der Waals surface area contributed by atoms with Crippen molar-refractivity contribution in [1.29, 1.82) is 0 Å². The number of para-hydroxylation sites is 1. The Morgan fingerprint density at radius 3 is 2.63 bits per heavy atom. The Morgan fingerprint density at radius 1 is 1.10 bits per heavy atom. The van der Waals surface area contributed by atoms with Crippen LogP contribution in [-0.4, -0.2) is 23.1 Å². The number of halogens is 1. The Morgan fingerprint density at radius 2 is 1.87 bits per heavy atom. The fraction of sp³-hybridized carbons (Fsp3) is 0.130. The Balaban J connectivity index is 1.67. The molecule has 4 aromatic rings. The van der Waals surface area contributed by atoms with Gasteiger partial charge in [0.1, 0.15) is 11.5 Å². The summed E-state index contributed by atoms with van der Waals surface area (Å²) in [5.74, 6) is -1.13. The van der Waals surface area contributed by atoms with E-state index in [2.05, 4.69) is 5.32 Å². The standard InChI is InChI=1S/C23H19FN2O3S/c1-2-29-23(28)17-5-3-4-6-18(17)25-22(27)20-13-21-19(11-12-30-21)26(20)14-15-7-9-16(24)10-8-15/h3-13H,2,14H2,1H3,(H,25,27). The summed E-state index contributed by atoms with van der Waals surface area (Å²) in [5.41, 5.74) is 2.94. The number of benzene rings is 2. The first-order chi connectivity index (χ1) is 14.6. The first kappa shape index (κ1) is 19.8. The molecule has 1 amide bonds. The van der Waals surface area contributed by atoms with E-state index in [1.54, 1.807) is 43.3 Å². The second kappa shape index (κ2) is 8.51. The summed E-state index contributed by atoms with van der Waals surface area (Å²) in [6.07, 6.45) is 0. The maximum Gasteiger partial charge on any atom is 0.340 e. The van der Waals surface area contributed by atoms with Crippen LogP contribution in [-0.2, 0) is 11.3 Å². The molecule has 4 rings (SSSR count). The quantitative estimate of drug-likeness (QED) is 0.428. The number of aromatic nitrogens is 1. The molecule has 7 heteroatoms. The van der Waals surface area contributed by atoms with Crippen molar-refractivity contribution in [1.82, 2.24) is 4.57 Å². The van der Waals surface area contributed by atoms with E-state index in [1.165, 1.54) is 23.5 Å². The second-order valence-corrected chi connectivity index (χ2v) is 7.58. The number of hydrogen-bond acceptors (Lipinski definition) is 4. The van der Waals surface area contributed by atoms with Crippen LogP contribution >= 0.6 is 11.3 Å². The summed E-state index contributed by atoms with van der Waals surface area (Å²) in [6, 6.07) is 16.7. The predicted molar refractivity (Wildman–Crippen MR) is 116 cm³/mol. The first-order valence-electron chi connectivity index (χ1n) is 9.45. The maximum atomic E-state index is 13.3. The molecule has 0 spiro atoms. The van der Waals surface area contributed by atoms with Crippen molar-refractivity contribution >= 4 is 39.1 Å². The molecule has 0 aliphatic heterocycles. The number of esters is 1. The number of carbonyl (C=O) groups is 2. The minimum absolute atomic E-state index is 0.248. The highest BCUT2D eigenvalue weighted by atomic mass is 32.1. The lowest BCUT2D eigenvalue weighted by atomic mass is 10.1. The molecule has 0 aliphatic rings. The van der Waals surface area contributed by atoms with Gasteiger partial charge in [0, 0.05) is 6.54 Å². The monoisotopic (exact) mass is 422 g/mol. The first-order valence-corrected chi connectivity index (χ1v) is 10.3. The van der Waals surface area contributed by atoms with Gasteiger partial charge in [-0.15, -0.1) is 11.3 Å². The molecule has 0 saturated heterocycles. The SMILES string of the molecule is CCOC(=O)c1ccccc1NC(=O)c1cc2sccc2n1Cc1ccc(F)cc1. The molecule has 2 aromatic carbocycles. The lowest BCUT2D eigenvalue weighted by molar-refractivity contribution is 0.0527. The molecule has 1 N–H and O–H groups in total. The molecular weight excluding hydrogens is 403 g/mol. The van der Waals surface area contributed by atoms with E-state index in [9.17, 15) is 14.0 Å². The highest BCUT2D eigenvalue weighted by Crippen LogP contribution is 2.27. The Hall–Kier alpha value is -3.45. The van der Waals surface area contributed by atoms with Gasteiger partial charge in [0.05, 0.1) is 28.1 Å². The zero-order valence-corrected chi connectivity index (χ0v) is 17.0. The minimum Gasteiger partial charge on any atom is -0.462 e. The number of nitrogens with zero attached hydrogens (tertiary/aromatic N) is 1. The molecular formula is C23H19FN2O3S. The van der Waals surface area contributed by atoms with Gasteiger partial charge >= 0.3 is 5.97 Å². The average Bonchev–Trinajstić information content (AvgIpc) is 3.33. The maximum absolute atomic E-state index is 13.3. The fourth-order valence-corrected chi connectivity index (χ4v) is 4.10. The largest absolute Gasteiger partial charge is 0.462 e. The molecule has 2 aromatic heterocycles. The molecule has 30 heavy (non-hydrogen) atoms. The second-order valence-electron chi connectivity index (χ2n) is 6.63. The number of carbonyl (C=O) groups excluding carboxylic acids is 2. The molecule has 0 bridgehead atoms. The normalized spacial score (nSPS) is 10.9. The molecule has 0 saturated carbocycles. The Bertz CT molecular complexity index is 1210. The number of nitrogens with one attached hydrogen (secondary N) is 1. The summed E-state index contributed by atoms with van der Waals surface area (Å²) in [7, 11) is 0. The fourth-order valence-electron chi connectivity index (χ4n) is 3.27. The zero-order valence-electron chi connectivity index (χ0n) is 16.2. The van der Waals surface area contributed by atoms with Crippen molar-refractivity contribution in [3.8, 4) is 0 Å². The van der Waals surface area contributed by atoms with Crippen LogP contribution in [0.4, 0.5) is 10.1 Å². The van der Waals surface area contributed by atoms with Gasteiger partial charge < -0.3 is 14.6 Å². The van der Waals surface area contributed by atoms with Gasteiger partial charge in [-0.1, -0.05) is 24.3 Å². The number of ether oxygens (including phenoxy) is 1. The van der Waals surface area contributed by atoms with E-state index in [0.717, 1.165) is 15.8 Å². The van der Waals surface area contributed by atoms with Crippen LogP contribution < -0.4 is 5.32 Å². The number of rotatable bonds is 6. The van der Waals surface area contributed by atoms with Crippen LogP contribution in [0.1, 0.15) is 33.3 Å². The van der Waals surface area contributed by atoms with Gasteiger partial charge in [-0.2, -0.15) is 0 Å². The third kappa shape index (κ3) is 3.97. The number of thiophene rings is 1. The van der Waals surface area contributed by atoms with Gasteiger partial charge in [0.15, 0.2) is 0 Å². The minimum atomic E-state index is -0.490. The van der Waals surface area contributed by atoms with Crippen LogP contribution in [0.5, 0.6) is 0 Å². The van der Waals surface area contributed by atoms with E-state index in [1.807, 2.05) is 22.1 Å². The number of anilines is 1. The third-order valence-electron chi connectivity index (χ3n) is 4.68. The van der Waals surface area contributed by atoms with Crippen molar-refractivity contribution in [3.63, 3.8) is 0 Å². The average molecular weight is 422 g/mol. The lowest BCUT2D eigenvalue weighted by Gasteiger charge is -2.13. The highest BCUT2D eigenvalue weighted by Gasteiger charge is 2.20. The van der Waals surface area contributed by atoms with Crippen molar-refractivity contribution < 1.29 is 18.7 Å². The van der Waals surface area contributed by atoms with Gasteiger partial charge in [-0.05, 0) is 54.3 Å². The number of amides is 1. The summed E-state index contributed by atoms with van der Waals surface area (Å²) in [6.45, 7) is 2.40. The van der Waals surface area contributed by atoms with Crippen LogP contribution in [0, 0.1) is 5.82 Å². The lowest BCUT2D eigenvalue weighted by Crippen LogP contribution is -2.19. The Labute approximate surface area is 176 Å². The summed E-state index contributed by atoms with van der Waals surface area (Å²) in [5, 5.41) is 4.80. The summed E-state index contributed by atoms with van der Waals surface area (Å²) >= 11 is 1.54. The van der Waals surface area contributed by atoms with Crippen LogP contribution in [0.25, 0.3) is 10.2 Å². The van der Waals surface area contributed by atoms with Gasteiger partial charge in [0.25, 0.3) is 5.91 Å². The van der Waals surface area contributed by atoms with E-state index in [0.29, 0.717) is 23.5 Å². The molecule has 0 atom stereocenters. The van der Waals surface area contributed by atoms with Crippen LogP contribution in [0.15, 0.2) is 66.0 Å². The molecule has 0 unspecified atom stereocenters. The smallest absolute Gasteiger partial charge is 0.340 e. The van der Waals surface area contributed by atoms with Crippen LogP contribution in [0.3, 0.4) is 0 Å². The van der Waals surface area contributed by atoms with E-state index < -0.39 is 5.97 Å². The van der Waals surface area contributed by atoms with Gasteiger partial charge in [0.2, 0.25) is 0 Å². The molecule has 0 fully saturated rings. The third-order valence-corrected chi connectivity index (χ3v) is 5.53. The summed E-state index contributed by atoms with van der Waals surface area (Å²) < 4.78 is 21.2. The van der Waals surface area contributed by atoms with E-state index >= 15 is 0 Å². The van der Waals surface area contributed by atoms with Crippen molar-refractivity contribution in [2.75, 3.05) is 11.9 Å². The van der Waals surface area contributed by atoms with Crippen molar-refractivity contribution in [3.05, 3.63) is 88.7 Å². The van der Waals surface area contributed by atoms with Gasteiger partial charge in [-0.3, -0.25) is 4.79 Å². The predicted octanol–water partition coefficient (Wildman–Crippen LogP) is 5.32. The van der Waals surface area contributed by atoms with E-state index in [4.69, 9.17) is 4.74 Å².